The van der Waals surface area contributed by atoms with Gasteiger partial charge >= 0.3 is 0 Å². The fourth-order valence-corrected chi connectivity index (χ4v) is 1.19. The molecule has 92 valence electrons. The molecule has 0 unspecified atom stereocenters. The van der Waals surface area contributed by atoms with Crippen molar-refractivity contribution in [1.29, 1.82) is 0 Å². The number of hydrogen-bond donors (Lipinski definition) is 1. The first kappa shape index (κ1) is 13.4. The van der Waals surface area contributed by atoms with Gasteiger partial charge in [-0.3, -0.25) is 0 Å². The number of hydrogen-bond acceptors (Lipinski definition) is 5. The number of nitrogens with zero attached hydrogens (tertiary/aromatic N) is 2. The van der Waals surface area contributed by atoms with Gasteiger partial charge in [-0.2, -0.15) is 4.98 Å². The van der Waals surface area contributed by atoms with Crippen LogP contribution in [0, 0.1) is 0 Å². The lowest BCUT2D eigenvalue weighted by atomic mass is 9.96. The van der Waals surface area contributed by atoms with Crippen LogP contribution in [0.2, 0.25) is 0 Å². The molecule has 0 atom stereocenters. The zero-order valence-electron chi connectivity index (χ0n) is 9.82. The van der Waals surface area contributed by atoms with Crippen LogP contribution in [0.1, 0.15) is 32.5 Å². The van der Waals surface area contributed by atoms with Gasteiger partial charge < -0.3 is 14.6 Å². The van der Waals surface area contributed by atoms with Gasteiger partial charge in [-0.25, -0.2) is 0 Å². The smallest absolute Gasteiger partial charge is 0.252 e. The Morgan fingerprint density at radius 3 is 2.56 bits per heavy atom. The number of rotatable bonds is 3. The van der Waals surface area contributed by atoms with E-state index in [4.69, 9.17) is 9.26 Å². The first-order valence-corrected chi connectivity index (χ1v) is 5.21. The van der Waals surface area contributed by atoms with Crippen LogP contribution in [0.3, 0.4) is 0 Å². The predicted molar refractivity (Wildman–Crippen MR) is 61.7 cm³/mol. The zero-order chi connectivity index (χ0) is 10.9. The van der Waals surface area contributed by atoms with E-state index in [1.54, 1.807) is 0 Å². The van der Waals surface area contributed by atoms with E-state index in [1.807, 2.05) is 0 Å². The van der Waals surface area contributed by atoms with Gasteiger partial charge in [0, 0.05) is 18.5 Å². The highest BCUT2D eigenvalue weighted by Gasteiger charge is 2.22. The Morgan fingerprint density at radius 2 is 2.12 bits per heavy atom. The van der Waals surface area contributed by atoms with Gasteiger partial charge in [-0.15, -0.1) is 12.4 Å². The SMILES string of the molecule is CC(C)(C)c1noc(COC2CNC2)n1.Cl. The molecule has 0 amide bonds. The van der Waals surface area contributed by atoms with Gasteiger partial charge in [-0.05, 0) is 0 Å². The molecule has 1 fully saturated rings. The topological polar surface area (TPSA) is 60.2 Å². The van der Waals surface area contributed by atoms with Crippen LogP contribution in [0.4, 0.5) is 0 Å². The number of ether oxygens (including phenoxy) is 1. The minimum atomic E-state index is -0.0697. The van der Waals surface area contributed by atoms with Crippen molar-refractivity contribution in [1.82, 2.24) is 15.5 Å². The fraction of sp³-hybridized carbons (Fsp3) is 0.800. The largest absolute Gasteiger partial charge is 0.366 e. The van der Waals surface area contributed by atoms with Gasteiger partial charge in [0.1, 0.15) is 6.61 Å². The van der Waals surface area contributed by atoms with Crippen molar-refractivity contribution in [3.8, 4) is 0 Å². The van der Waals surface area contributed by atoms with Crippen LogP contribution in [-0.2, 0) is 16.8 Å². The third-order valence-corrected chi connectivity index (χ3v) is 2.33. The Morgan fingerprint density at radius 1 is 1.44 bits per heavy atom. The van der Waals surface area contributed by atoms with Gasteiger partial charge in [0.2, 0.25) is 0 Å². The van der Waals surface area contributed by atoms with E-state index in [2.05, 4.69) is 36.2 Å². The summed E-state index contributed by atoms with van der Waals surface area (Å²) in [6, 6.07) is 0. The van der Waals surface area contributed by atoms with Crippen molar-refractivity contribution < 1.29 is 9.26 Å². The van der Waals surface area contributed by atoms with E-state index < -0.39 is 0 Å². The summed E-state index contributed by atoms with van der Waals surface area (Å²) in [5, 5.41) is 7.06. The summed E-state index contributed by atoms with van der Waals surface area (Å²) >= 11 is 0. The first-order chi connectivity index (χ1) is 7.05. The highest BCUT2D eigenvalue weighted by molar-refractivity contribution is 5.85. The maximum absolute atomic E-state index is 5.53. The molecule has 2 rings (SSSR count). The van der Waals surface area contributed by atoms with Crippen LogP contribution in [0.15, 0.2) is 4.52 Å². The highest BCUT2D eigenvalue weighted by Crippen LogP contribution is 2.18. The molecule has 6 heteroatoms. The Kier molecular flexibility index (Phi) is 4.29. The molecular formula is C10H18ClN3O2. The molecule has 2 heterocycles. The third kappa shape index (κ3) is 3.17. The molecule has 1 aliphatic rings. The molecule has 1 N–H and O–H groups in total. The Bertz CT molecular complexity index is 331. The Balaban J connectivity index is 0.00000128. The second-order valence-electron chi connectivity index (χ2n) is 4.85. The lowest BCUT2D eigenvalue weighted by Gasteiger charge is -2.26. The summed E-state index contributed by atoms with van der Waals surface area (Å²) in [5.41, 5.74) is -0.0697. The molecule has 0 spiro atoms. The van der Waals surface area contributed by atoms with E-state index >= 15 is 0 Å². The summed E-state index contributed by atoms with van der Waals surface area (Å²) < 4.78 is 10.6. The van der Waals surface area contributed by atoms with Crippen molar-refractivity contribution in [3.05, 3.63) is 11.7 Å². The number of nitrogens with one attached hydrogen (secondary N) is 1. The first-order valence-electron chi connectivity index (χ1n) is 5.21. The summed E-state index contributed by atoms with van der Waals surface area (Å²) in [5.74, 6) is 1.29. The maximum Gasteiger partial charge on any atom is 0.252 e. The predicted octanol–water partition coefficient (Wildman–Crippen LogP) is 1.28. The van der Waals surface area contributed by atoms with Crippen molar-refractivity contribution in [2.24, 2.45) is 0 Å². The van der Waals surface area contributed by atoms with Gasteiger partial charge in [0.05, 0.1) is 6.10 Å². The third-order valence-electron chi connectivity index (χ3n) is 2.33. The van der Waals surface area contributed by atoms with Gasteiger partial charge in [0.25, 0.3) is 5.89 Å². The van der Waals surface area contributed by atoms with E-state index in [9.17, 15) is 0 Å². The molecule has 5 nitrogen and oxygen atoms in total. The van der Waals surface area contributed by atoms with Crippen molar-refractivity contribution in [2.75, 3.05) is 13.1 Å². The molecule has 0 saturated carbocycles. The Hall–Kier alpha value is -0.650. The summed E-state index contributed by atoms with van der Waals surface area (Å²) in [4.78, 5) is 4.29. The minimum absolute atomic E-state index is 0. The summed E-state index contributed by atoms with van der Waals surface area (Å²) in [6.07, 6.45) is 0.301. The summed E-state index contributed by atoms with van der Waals surface area (Å²) in [7, 11) is 0. The standard InChI is InChI=1S/C10H17N3O2.ClH/c1-10(2,3)9-12-8(15-13-9)6-14-7-4-11-5-7;/h7,11H,4-6H2,1-3H3;1H. The average molecular weight is 248 g/mol. The normalized spacial score (nSPS) is 16.7. The Labute approximate surface area is 101 Å². The molecular weight excluding hydrogens is 230 g/mol. The van der Waals surface area contributed by atoms with Crippen LogP contribution in [-0.4, -0.2) is 29.3 Å². The molecule has 0 bridgehead atoms. The lowest BCUT2D eigenvalue weighted by molar-refractivity contribution is -0.00397. The molecule has 16 heavy (non-hydrogen) atoms. The van der Waals surface area contributed by atoms with Crippen LogP contribution in [0.5, 0.6) is 0 Å². The van der Waals surface area contributed by atoms with Crippen LogP contribution >= 0.6 is 12.4 Å². The molecule has 1 aliphatic heterocycles. The second-order valence-corrected chi connectivity index (χ2v) is 4.85. The van der Waals surface area contributed by atoms with E-state index in [1.165, 1.54) is 0 Å². The monoisotopic (exact) mass is 247 g/mol. The molecule has 0 aliphatic carbocycles. The average Bonchev–Trinajstić information content (AvgIpc) is 2.48. The number of aromatic nitrogens is 2. The van der Waals surface area contributed by atoms with E-state index in [-0.39, 0.29) is 17.8 Å². The molecule has 1 aromatic heterocycles. The number of halogens is 1. The molecule has 0 aromatic carbocycles. The molecule has 1 saturated heterocycles. The lowest BCUT2D eigenvalue weighted by Crippen LogP contribution is -2.48. The van der Waals surface area contributed by atoms with E-state index in [0.29, 0.717) is 18.6 Å². The summed E-state index contributed by atoms with van der Waals surface area (Å²) in [6.45, 7) is 8.41. The van der Waals surface area contributed by atoms with Crippen LogP contribution in [0.25, 0.3) is 0 Å². The highest BCUT2D eigenvalue weighted by atomic mass is 35.5. The molecule has 0 radical (unpaired) electrons. The quantitative estimate of drug-likeness (QED) is 0.872. The van der Waals surface area contributed by atoms with Gasteiger partial charge in [-0.1, -0.05) is 25.9 Å². The maximum atomic E-state index is 5.53. The van der Waals surface area contributed by atoms with Crippen molar-refractivity contribution in [3.63, 3.8) is 0 Å². The molecule has 1 aromatic rings. The van der Waals surface area contributed by atoms with Crippen molar-refractivity contribution >= 4 is 12.4 Å². The minimum Gasteiger partial charge on any atom is -0.366 e. The fourth-order valence-electron chi connectivity index (χ4n) is 1.19. The van der Waals surface area contributed by atoms with Crippen LogP contribution < -0.4 is 5.32 Å². The zero-order valence-corrected chi connectivity index (χ0v) is 10.6. The van der Waals surface area contributed by atoms with Gasteiger partial charge in [0.15, 0.2) is 5.82 Å². The van der Waals surface area contributed by atoms with Crippen molar-refractivity contribution in [2.45, 2.75) is 38.9 Å². The van der Waals surface area contributed by atoms with E-state index in [0.717, 1.165) is 18.9 Å². The second kappa shape index (κ2) is 5.12.